The van der Waals surface area contributed by atoms with E-state index in [2.05, 4.69) is 58.7 Å². The summed E-state index contributed by atoms with van der Waals surface area (Å²) < 4.78 is 9.51. The van der Waals surface area contributed by atoms with Crippen molar-refractivity contribution in [3.8, 4) is 11.3 Å². The Kier molecular flexibility index (Phi) is 12.8. The smallest absolute Gasteiger partial charge is 0.407 e. The number of nitrogens with one attached hydrogen (secondary N) is 4. The second kappa shape index (κ2) is 17.6. The number of benzene rings is 1. The highest BCUT2D eigenvalue weighted by Crippen LogP contribution is 2.42. The van der Waals surface area contributed by atoms with Crippen LogP contribution in [0.2, 0.25) is 5.15 Å². The maximum atomic E-state index is 13.7. The van der Waals surface area contributed by atoms with Gasteiger partial charge in [0.25, 0.3) is 0 Å². The third-order valence-corrected chi connectivity index (χ3v) is 12.5. The van der Waals surface area contributed by atoms with Crippen molar-refractivity contribution >= 4 is 46.7 Å². The van der Waals surface area contributed by atoms with Gasteiger partial charge in [-0.2, -0.15) is 0 Å². The number of rotatable bonds is 11. The van der Waals surface area contributed by atoms with Gasteiger partial charge in [0, 0.05) is 17.6 Å². The number of imidazole rings is 2. The van der Waals surface area contributed by atoms with Crippen molar-refractivity contribution in [3.05, 3.63) is 70.7 Å². The Hall–Kier alpha value is -5.11. The molecular weight excluding hydrogens is 748 g/mol. The molecule has 0 unspecified atom stereocenters. The number of halogens is 1. The number of aromatic amines is 2. The molecule has 4 amide bonds. The van der Waals surface area contributed by atoms with Crippen LogP contribution in [0.4, 0.5) is 9.59 Å². The van der Waals surface area contributed by atoms with Gasteiger partial charge in [-0.25, -0.2) is 19.6 Å². The number of methoxy groups -OCH3 is 2. The SMILES string of the molecule is CC[C@H](NC(=O)OC)C(=O)N1[C@H](c2ncc(C3=CC=C(c4ccc(-c5nc([C@@H]6C[C@@H](C)[C@H](C)N6C(=O)[C@H](CC)NC(=O)OC)[nH]c5Cl)cc4)CC3)[nH]2)C[C@@H](C)[C@@H]1C. The van der Waals surface area contributed by atoms with Crippen molar-refractivity contribution < 1.29 is 28.7 Å². The van der Waals surface area contributed by atoms with Crippen LogP contribution >= 0.6 is 11.6 Å². The first-order valence-electron chi connectivity index (χ1n) is 19.9. The van der Waals surface area contributed by atoms with E-state index in [1.165, 1.54) is 19.8 Å². The van der Waals surface area contributed by atoms with Gasteiger partial charge in [0.1, 0.15) is 34.6 Å². The summed E-state index contributed by atoms with van der Waals surface area (Å²) >= 11 is 6.76. The number of carbonyl (C=O) groups is 4. The fourth-order valence-corrected chi connectivity index (χ4v) is 8.66. The number of ether oxygens (including phenoxy) is 2. The number of H-pyrrole nitrogens is 2. The zero-order valence-electron chi connectivity index (χ0n) is 34.0. The maximum Gasteiger partial charge on any atom is 0.407 e. The second-order valence-electron chi connectivity index (χ2n) is 15.6. The number of hydrogen-bond donors (Lipinski definition) is 4. The van der Waals surface area contributed by atoms with Crippen LogP contribution in [0.5, 0.6) is 0 Å². The number of likely N-dealkylation sites (tertiary alicyclic amines) is 2. The standard InChI is InChI=1S/C42H55ClN8O6/c1-9-30(46-41(54)56-7)39(52)50-24(5)22(3)19-33(50)37-44-21-32(45-37)28-15-11-26(12-16-28)27-13-17-29(18-14-27)35-36(43)49-38(48-35)34-20-23(4)25(6)51(34)40(53)31(10-2)47-42(55)57-8/h11,13-15,17-18,21-25,30-31,33-34H,9-10,12,16,19-20H2,1-8H3,(H,44,45)(H,46,54)(H,47,55)(H,48,49)/t22-,23-,24+,25+,30+,31+,33+,34+/m1/s1. The quantitative estimate of drug-likeness (QED) is 0.154. The molecule has 1 aliphatic carbocycles. The van der Waals surface area contributed by atoms with E-state index in [9.17, 15) is 19.2 Å². The van der Waals surface area contributed by atoms with E-state index in [1.807, 2.05) is 55.8 Å². The van der Waals surface area contributed by atoms with Crippen molar-refractivity contribution in [2.75, 3.05) is 14.2 Å². The van der Waals surface area contributed by atoms with E-state index >= 15 is 0 Å². The van der Waals surface area contributed by atoms with Gasteiger partial charge >= 0.3 is 12.2 Å². The number of aromatic nitrogens is 4. The van der Waals surface area contributed by atoms with Gasteiger partial charge in [-0.1, -0.05) is 75.7 Å². The van der Waals surface area contributed by atoms with Crippen molar-refractivity contribution in [3.63, 3.8) is 0 Å². The van der Waals surface area contributed by atoms with E-state index in [1.54, 1.807) is 0 Å². The van der Waals surface area contributed by atoms with Crippen LogP contribution in [0.3, 0.4) is 0 Å². The Balaban J connectivity index is 1.15. The maximum absolute atomic E-state index is 13.7. The predicted molar refractivity (Wildman–Crippen MR) is 218 cm³/mol. The molecule has 15 heteroatoms. The molecule has 2 fully saturated rings. The van der Waals surface area contributed by atoms with Gasteiger partial charge in [0.2, 0.25) is 11.8 Å². The molecule has 14 nitrogen and oxygen atoms in total. The zero-order chi connectivity index (χ0) is 41.1. The highest BCUT2D eigenvalue weighted by molar-refractivity contribution is 6.31. The van der Waals surface area contributed by atoms with Gasteiger partial charge in [0.15, 0.2) is 0 Å². The third kappa shape index (κ3) is 8.46. The number of hydrogen-bond acceptors (Lipinski definition) is 8. The molecule has 0 spiro atoms. The summed E-state index contributed by atoms with van der Waals surface area (Å²) in [7, 11) is 2.57. The van der Waals surface area contributed by atoms with Crippen LogP contribution in [0.1, 0.15) is 115 Å². The van der Waals surface area contributed by atoms with Crippen LogP contribution in [0.25, 0.3) is 22.4 Å². The molecule has 3 aromatic rings. The summed E-state index contributed by atoms with van der Waals surface area (Å²) in [6.07, 6.45) is 8.84. The highest BCUT2D eigenvalue weighted by atomic mass is 35.5. The molecule has 1 aromatic carbocycles. The van der Waals surface area contributed by atoms with Gasteiger partial charge < -0.3 is 39.9 Å². The summed E-state index contributed by atoms with van der Waals surface area (Å²) in [5, 5.41) is 5.75. The summed E-state index contributed by atoms with van der Waals surface area (Å²) in [6.45, 7) is 12.0. The number of allylic oxidation sites excluding steroid dienone is 4. The lowest BCUT2D eigenvalue weighted by Crippen LogP contribution is -2.50. The second-order valence-corrected chi connectivity index (χ2v) is 15.9. The molecule has 8 atom stereocenters. The molecule has 57 heavy (non-hydrogen) atoms. The monoisotopic (exact) mass is 802 g/mol. The van der Waals surface area contributed by atoms with Crippen molar-refractivity contribution in [2.24, 2.45) is 11.8 Å². The summed E-state index contributed by atoms with van der Waals surface area (Å²) in [6, 6.07) is 6.15. The lowest BCUT2D eigenvalue weighted by Gasteiger charge is -2.31. The topological polar surface area (TPSA) is 175 Å². The number of alkyl carbamates (subject to hydrolysis) is 2. The van der Waals surface area contributed by atoms with Crippen LogP contribution < -0.4 is 10.6 Å². The Morgan fingerprint density at radius 1 is 0.772 bits per heavy atom. The van der Waals surface area contributed by atoms with Gasteiger partial charge in [0.05, 0.1) is 38.2 Å². The van der Waals surface area contributed by atoms with Crippen LogP contribution in [-0.4, -0.2) is 92.1 Å². The lowest BCUT2D eigenvalue weighted by molar-refractivity contribution is -0.137. The van der Waals surface area contributed by atoms with E-state index in [4.69, 9.17) is 31.0 Å². The Morgan fingerprint density at radius 3 is 1.75 bits per heavy atom. The van der Waals surface area contributed by atoms with Crippen molar-refractivity contribution in [1.82, 2.24) is 40.4 Å². The fourth-order valence-electron chi connectivity index (χ4n) is 8.41. The molecule has 4 N–H and O–H groups in total. The molecule has 306 valence electrons. The highest BCUT2D eigenvalue weighted by Gasteiger charge is 2.45. The van der Waals surface area contributed by atoms with E-state index in [0.29, 0.717) is 35.9 Å². The minimum Gasteiger partial charge on any atom is -0.453 e. The first-order valence-corrected chi connectivity index (χ1v) is 20.3. The largest absolute Gasteiger partial charge is 0.453 e. The average Bonchev–Trinajstić information content (AvgIpc) is 4.00. The van der Waals surface area contributed by atoms with Crippen molar-refractivity contribution in [1.29, 1.82) is 0 Å². The van der Waals surface area contributed by atoms with Crippen molar-refractivity contribution in [2.45, 2.75) is 116 Å². The average molecular weight is 803 g/mol. The summed E-state index contributed by atoms with van der Waals surface area (Å²) in [4.78, 5) is 71.5. The molecule has 2 aliphatic heterocycles. The van der Waals surface area contributed by atoms with E-state index < -0.39 is 24.3 Å². The molecular formula is C42H55ClN8O6. The molecule has 3 aliphatic rings. The van der Waals surface area contributed by atoms with Gasteiger partial charge in [-0.3, -0.25) is 9.59 Å². The third-order valence-electron chi connectivity index (χ3n) is 12.2. The van der Waals surface area contributed by atoms with Crippen LogP contribution in [0, 0.1) is 11.8 Å². The van der Waals surface area contributed by atoms with Gasteiger partial charge in [-0.15, -0.1) is 0 Å². The first-order chi connectivity index (χ1) is 27.3. The summed E-state index contributed by atoms with van der Waals surface area (Å²) in [5.41, 5.74) is 5.83. The summed E-state index contributed by atoms with van der Waals surface area (Å²) in [5.74, 6) is 1.52. The Labute approximate surface area is 339 Å². The molecule has 4 heterocycles. The number of nitrogens with zero attached hydrogens (tertiary/aromatic N) is 4. The van der Waals surface area contributed by atoms with E-state index in [-0.39, 0.29) is 47.8 Å². The molecule has 0 bridgehead atoms. The normalized spacial score (nSPS) is 24.4. The van der Waals surface area contributed by atoms with Crippen LogP contribution in [-0.2, 0) is 19.1 Å². The molecule has 2 aromatic heterocycles. The zero-order valence-corrected chi connectivity index (χ0v) is 34.8. The minimum atomic E-state index is -0.715. The molecule has 0 radical (unpaired) electrons. The van der Waals surface area contributed by atoms with Gasteiger partial charge in [-0.05, 0) is 80.9 Å². The molecule has 6 rings (SSSR count). The van der Waals surface area contributed by atoms with Crippen LogP contribution in [0.15, 0.2) is 42.6 Å². The molecule has 0 saturated carbocycles. The molecule has 2 saturated heterocycles. The van der Waals surface area contributed by atoms with E-state index in [0.717, 1.165) is 47.5 Å². The Bertz CT molecular complexity index is 2020. The minimum absolute atomic E-state index is 0.0146. The lowest BCUT2D eigenvalue weighted by atomic mass is 9.91. The Morgan fingerprint density at radius 2 is 1.26 bits per heavy atom. The number of carbonyl (C=O) groups excluding carboxylic acids is 4. The fraction of sp³-hybridized carbons (Fsp3) is 0.524. The first kappa shape index (κ1) is 41.5. The number of amides is 4. The predicted octanol–water partition coefficient (Wildman–Crippen LogP) is 7.58.